The standard InChI is InChI=1S/C9H17S/c1-5-6-10-7-9(4)8(2)3/h6H,5,7H2,1-4H3. The van der Waals surface area contributed by atoms with Crippen molar-refractivity contribution in [1.29, 1.82) is 0 Å². The lowest BCUT2D eigenvalue weighted by molar-refractivity contribution is 1.19. The van der Waals surface area contributed by atoms with Crippen molar-refractivity contribution in [3.8, 4) is 0 Å². The van der Waals surface area contributed by atoms with Crippen LogP contribution in [0.4, 0.5) is 0 Å². The molecular formula is C9H17S. The first-order valence-electron chi connectivity index (χ1n) is 3.74. The number of hydrogen-bond acceptors (Lipinski definition) is 1. The third-order valence-corrected chi connectivity index (χ3v) is 2.61. The predicted molar refractivity (Wildman–Crippen MR) is 51.1 cm³/mol. The Balaban J connectivity index is 3.40. The quantitative estimate of drug-likeness (QED) is 0.443. The summed E-state index contributed by atoms with van der Waals surface area (Å²) in [6.07, 6.45) is 1.17. The lowest BCUT2D eigenvalue weighted by Gasteiger charge is -2.01. The molecule has 0 bridgehead atoms. The van der Waals surface area contributed by atoms with Gasteiger partial charge >= 0.3 is 0 Å². The van der Waals surface area contributed by atoms with Gasteiger partial charge in [0.05, 0.1) is 0 Å². The molecule has 0 rings (SSSR count). The van der Waals surface area contributed by atoms with E-state index in [1.807, 2.05) is 11.8 Å². The lowest BCUT2D eigenvalue weighted by atomic mass is 10.2. The molecule has 0 atom stereocenters. The molecule has 0 N–H and O–H groups in total. The molecule has 0 unspecified atom stereocenters. The third kappa shape index (κ3) is 4.92. The molecule has 59 valence electrons. The van der Waals surface area contributed by atoms with Crippen molar-refractivity contribution < 1.29 is 0 Å². The van der Waals surface area contributed by atoms with Crippen LogP contribution in [0, 0.1) is 5.75 Å². The fourth-order valence-corrected chi connectivity index (χ4v) is 1.34. The van der Waals surface area contributed by atoms with E-state index in [1.54, 1.807) is 0 Å². The normalized spacial score (nSPS) is 9.60. The Kier molecular flexibility index (Phi) is 5.90. The first-order valence-corrected chi connectivity index (χ1v) is 4.79. The van der Waals surface area contributed by atoms with Gasteiger partial charge in [-0.05, 0) is 27.2 Å². The Labute approximate surface area is 69.1 Å². The topological polar surface area (TPSA) is 0 Å². The molecule has 0 aliphatic rings. The molecule has 0 aliphatic heterocycles. The van der Waals surface area contributed by atoms with Gasteiger partial charge in [-0.1, -0.05) is 18.1 Å². The molecule has 0 spiro atoms. The van der Waals surface area contributed by atoms with Gasteiger partial charge in [0.2, 0.25) is 0 Å². The zero-order valence-electron chi connectivity index (χ0n) is 7.40. The minimum absolute atomic E-state index is 1.16. The zero-order valence-corrected chi connectivity index (χ0v) is 8.22. The molecule has 0 aromatic rings. The minimum atomic E-state index is 1.16. The molecule has 0 fully saturated rings. The first kappa shape index (κ1) is 10.1. The van der Waals surface area contributed by atoms with E-state index in [1.165, 1.54) is 17.6 Å². The average Bonchev–Trinajstić information content (AvgIpc) is 1.88. The summed E-state index contributed by atoms with van der Waals surface area (Å²) in [6, 6.07) is 0. The smallest absolute Gasteiger partial charge is 0.0167 e. The van der Waals surface area contributed by atoms with Gasteiger partial charge in [0.15, 0.2) is 0 Å². The van der Waals surface area contributed by atoms with E-state index >= 15 is 0 Å². The Morgan fingerprint density at radius 2 is 1.90 bits per heavy atom. The van der Waals surface area contributed by atoms with Gasteiger partial charge in [0.25, 0.3) is 0 Å². The summed E-state index contributed by atoms with van der Waals surface area (Å²) < 4.78 is 0. The number of thioether (sulfide) groups is 1. The highest BCUT2D eigenvalue weighted by atomic mass is 32.2. The van der Waals surface area contributed by atoms with Crippen LogP contribution in [0.15, 0.2) is 11.1 Å². The molecule has 0 heterocycles. The van der Waals surface area contributed by atoms with Gasteiger partial charge in [-0.3, -0.25) is 0 Å². The van der Waals surface area contributed by atoms with Gasteiger partial charge in [0, 0.05) is 11.5 Å². The summed E-state index contributed by atoms with van der Waals surface area (Å²) in [5, 5.41) is 0. The lowest BCUT2D eigenvalue weighted by Crippen LogP contribution is -1.83. The summed E-state index contributed by atoms with van der Waals surface area (Å²) in [5.74, 6) is 3.42. The molecule has 0 saturated carbocycles. The Morgan fingerprint density at radius 3 is 2.30 bits per heavy atom. The highest BCUT2D eigenvalue weighted by Gasteiger charge is 1.91. The molecule has 0 aromatic heterocycles. The Hall–Kier alpha value is 0.0900. The maximum absolute atomic E-state index is 2.26. The van der Waals surface area contributed by atoms with E-state index < -0.39 is 0 Å². The summed E-state index contributed by atoms with van der Waals surface area (Å²) in [7, 11) is 0. The van der Waals surface area contributed by atoms with Crippen LogP contribution in [0.5, 0.6) is 0 Å². The van der Waals surface area contributed by atoms with Crippen LogP contribution < -0.4 is 0 Å². The summed E-state index contributed by atoms with van der Waals surface area (Å²) >= 11 is 1.91. The second-order valence-corrected chi connectivity index (χ2v) is 3.62. The molecule has 1 heteroatoms. The zero-order chi connectivity index (χ0) is 7.98. The van der Waals surface area contributed by atoms with Crippen molar-refractivity contribution in [2.45, 2.75) is 34.1 Å². The minimum Gasteiger partial charge on any atom is -0.153 e. The highest BCUT2D eigenvalue weighted by molar-refractivity contribution is 8.01. The summed E-state index contributed by atoms with van der Waals surface area (Å²) in [4.78, 5) is 0. The molecule has 0 amide bonds. The van der Waals surface area contributed by atoms with Gasteiger partial charge in [-0.25, -0.2) is 0 Å². The third-order valence-electron chi connectivity index (χ3n) is 1.44. The number of hydrogen-bond donors (Lipinski definition) is 0. The molecule has 0 aromatic carbocycles. The SMILES string of the molecule is CC[CH]SCC(C)=C(C)C. The molecule has 0 nitrogen and oxygen atoms in total. The van der Waals surface area contributed by atoms with Crippen molar-refractivity contribution in [1.82, 2.24) is 0 Å². The van der Waals surface area contributed by atoms with Crippen LogP contribution in [0.2, 0.25) is 0 Å². The molecule has 0 aliphatic carbocycles. The number of allylic oxidation sites excluding steroid dienone is 1. The van der Waals surface area contributed by atoms with Gasteiger partial charge < -0.3 is 0 Å². The van der Waals surface area contributed by atoms with Crippen LogP contribution in [0.1, 0.15) is 34.1 Å². The van der Waals surface area contributed by atoms with Gasteiger partial charge in [-0.15, -0.1) is 0 Å². The van der Waals surface area contributed by atoms with E-state index in [0.29, 0.717) is 0 Å². The second kappa shape index (κ2) is 5.84. The van der Waals surface area contributed by atoms with Gasteiger partial charge in [0.1, 0.15) is 0 Å². The largest absolute Gasteiger partial charge is 0.153 e. The van der Waals surface area contributed by atoms with Crippen LogP contribution >= 0.6 is 11.8 Å². The van der Waals surface area contributed by atoms with Crippen LogP contribution in [0.25, 0.3) is 0 Å². The molecule has 1 radical (unpaired) electrons. The monoisotopic (exact) mass is 157 g/mol. The molecular weight excluding hydrogens is 140 g/mol. The van der Waals surface area contributed by atoms with Crippen molar-refractivity contribution in [3.05, 3.63) is 16.9 Å². The second-order valence-electron chi connectivity index (χ2n) is 2.67. The fourth-order valence-electron chi connectivity index (χ4n) is 0.446. The first-order chi connectivity index (χ1) is 4.68. The van der Waals surface area contributed by atoms with E-state index in [-0.39, 0.29) is 0 Å². The maximum Gasteiger partial charge on any atom is 0.0167 e. The Bertz CT molecular complexity index is 110. The Morgan fingerprint density at radius 1 is 1.30 bits per heavy atom. The maximum atomic E-state index is 2.26. The van der Waals surface area contributed by atoms with Crippen LogP contribution in [-0.4, -0.2) is 5.75 Å². The van der Waals surface area contributed by atoms with Crippen molar-refractivity contribution >= 4 is 11.8 Å². The average molecular weight is 157 g/mol. The van der Waals surface area contributed by atoms with Crippen LogP contribution in [0.3, 0.4) is 0 Å². The highest BCUT2D eigenvalue weighted by Crippen LogP contribution is 2.14. The van der Waals surface area contributed by atoms with Crippen molar-refractivity contribution in [2.75, 3.05) is 5.75 Å². The number of rotatable bonds is 4. The van der Waals surface area contributed by atoms with E-state index in [0.717, 1.165) is 5.75 Å². The fraction of sp³-hybridized carbons (Fsp3) is 0.667. The van der Waals surface area contributed by atoms with Crippen molar-refractivity contribution in [3.63, 3.8) is 0 Å². The van der Waals surface area contributed by atoms with Gasteiger partial charge in [-0.2, -0.15) is 11.8 Å². The molecule has 10 heavy (non-hydrogen) atoms. The van der Waals surface area contributed by atoms with Crippen molar-refractivity contribution in [2.24, 2.45) is 0 Å². The summed E-state index contributed by atoms with van der Waals surface area (Å²) in [5.41, 5.74) is 2.96. The van der Waals surface area contributed by atoms with Crippen LogP contribution in [-0.2, 0) is 0 Å². The van der Waals surface area contributed by atoms with E-state index in [4.69, 9.17) is 0 Å². The summed E-state index contributed by atoms with van der Waals surface area (Å²) in [6.45, 7) is 8.71. The van der Waals surface area contributed by atoms with E-state index in [9.17, 15) is 0 Å². The predicted octanol–water partition coefficient (Wildman–Crippen LogP) is 3.65. The molecule has 0 saturated heterocycles. The van der Waals surface area contributed by atoms with E-state index in [2.05, 4.69) is 33.4 Å².